The average Bonchev–Trinajstić information content (AvgIpc) is 2.20. The first kappa shape index (κ1) is 12.6. The molecule has 0 fully saturated rings. The lowest BCUT2D eigenvalue weighted by Crippen LogP contribution is -2.14. The minimum atomic E-state index is -0.659. The van der Waals surface area contributed by atoms with Crippen LogP contribution in [0.4, 0.5) is 5.69 Å². The number of nitrogens with two attached hydrogens (primary N) is 2. The number of aliphatic hydroxyl groups is 1. The van der Waals surface area contributed by atoms with Gasteiger partial charge in [-0.3, -0.25) is 4.79 Å². The van der Waals surface area contributed by atoms with Crippen LogP contribution in [0.2, 0.25) is 5.02 Å². The van der Waals surface area contributed by atoms with Gasteiger partial charge in [0.15, 0.2) is 5.75 Å². The highest BCUT2D eigenvalue weighted by Crippen LogP contribution is 2.31. The largest absolute Gasteiger partial charge is 0.491 e. The van der Waals surface area contributed by atoms with Crippen LogP contribution in [0.3, 0.4) is 0 Å². The fourth-order valence-corrected chi connectivity index (χ4v) is 1.47. The summed E-state index contributed by atoms with van der Waals surface area (Å²) in [6.45, 7) is 0.249. The third-order valence-electron chi connectivity index (χ3n) is 1.88. The highest BCUT2D eigenvalue weighted by atomic mass is 35.5. The fourth-order valence-electron chi connectivity index (χ4n) is 1.18. The molecular weight excluding hydrogens is 232 g/mol. The molecule has 5 nitrogen and oxygen atoms in total. The first-order chi connectivity index (χ1) is 7.56. The maximum Gasteiger partial charge on any atom is 0.252 e. The van der Waals surface area contributed by atoms with Crippen molar-refractivity contribution in [2.45, 2.75) is 6.42 Å². The molecule has 0 aliphatic carbocycles. The van der Waals surface area contributed by atoms with Crippen LogP contribution >= 0.6 is 11.6 Å². The zero-order valence-electron chi connectivity index (χ0n) is 8.57. The normalized spacial score (nSPS) is 10.1. The van der Waals surface area contributed by atoms with Gasteiger partial charge in [-0.25, -0.2) is 0 Å². The standard InChI is InChI=1S/C10H13ClN2O3/c11-8-5-6(12)4-7(10(13)15)9(8)16-3-1-2-14/h4-5,14H,1-3,12H2,(H2,13,15). The lowest BCUT2D eigenvalue weighted by atomic mass is 10.1. The molecule has 0 saturated heterocycles. The fraction of sp³-hybridized carbons (Fsp3) is 0.300. The molecule has 0 bridgehead atoms. The predicted octanol–water partition coefficient (Wildman–Crippen LogP) is 0.782. The number of hydrogen-bond acceptors (Lipinski definition) is 4. The van der Waals surface area contributed by atoms with Crippen molar-refractivity contribution in [1.82, 2.24) is 0 Å². The number of ether oxygens (including phenoxy) is 1. The van der Waals surface area contributed by atoms with Gasteiger partial charge in [0.05, 0.1) is 17.2 Å². The van der Waals surface area contributed by atoms with Crippen molar-refractivity contribution in [3.8, 4) is 5.75 Å². The topological polar surface area (TPSA) is 98.6 Å². The number of halogens is 1. The van der Waals surface area contributed by atoms with Gasteiger partial charge in [0.1, 0.15) is 0 Å². The zero-order valence-corrected chi connectivity index (χ0v) is 9.33. The number of carbonyl (C=O) groups excluding carboxylic acids is 1. The molecule has 0 unspecified atom stereocenters. The molecule has 0 heterocycles. The molecule has 0 aliphatic heterocycles. The third-order valence-corrected chi connectivity index (χ3v) is 2.16. The molecule has 1 aromatic rings. The van der Waals surface area contributed by atoms with Gasteiger partial charge in [-0.2, -0.15) is 0 Å². The van der Waals surface area contributed by atoms with E-state index in [9.17, 15) is 4.79 Å². The lowest BCUT2D eigenvalue weighted by molar-refractivity contribution is 0.0996. The molecule has 0 spiro atoms. The van der Waals surface area contributed by atoms with E-state index in [1.54, 1.807) is 0 Å². The number of amides is 1. The highest BCUT2D eigenvalue weighted by Gasteiger charge is 2.14. The number of primary amides is 1. The average molecular weight is 245 g/mol. The van der Waals surface area contributed by atoms with E-state index < -0.39 is 5.91 Å². The van der Waals surface area contributed by atoms with E-state index in [-0.39, 0.29) is 29.5 Å². The number of carbonyl (C=O) groups is 1. The molecule has 6 heteroatoms. The van der Waals surface area contributed by atoms with Crippen molar-refractivity contribution >= 4 is 23.2 Å². The summed E-state index contributed by atoms with van der Waals surface area (Å²) < 4.78 is 5.28. The molecule has 5 N–H and O–H groups in total. The van der Waals surface area contributed by atoms with Crippen molar-refractivity contribution in [3.63, 3.8) is 0 Å². The molecule has 0 radical (unpaired) electrons. The maximum absolute atomic E-state index is 11.1. The van der Waals surface area contributed by atoms with Gasteiger partial charge in [0.25, 0.3) is 5.91 Å². The Labute approximate surface area is 97.9 Å². The van der Waals surface area contributed by atoms with Crippen molar-refractivity contribution < 1.29 is 14.6 Å². The Kier molecular flexibility index (Phi) is 4.39. The van der Waals surface area contributed by atoms with Crippen LogP contribution in [-0.4, -0.2) is 24.2 Å². The van der Waals surface area contributed by atoms with Crippen LogP contribution < -0.4 is 16.2 Å². The van der Waals surface area contributed by atoms with Crippen molar-refractivity contribution in [3.05, 3.63) is 22.7 Å². The highest BCUT2D eigenvalue weighted by molar-refractivity contribution is 6.33. The van der Waals surface area contributed by atoms with E-state index >= 15 is 0 Å². The molecule has 0 atom stereocenters. The number of anilines is 1. The number of aliphatic hydroxyl groups excluding tert-OH is 1. The van der Waals surface area contributed by atoms with Gasteiger partial charge in [-0.15, -0.1) is 0 Å². The SMILES string of the molecule is NC(=O)c1cc(N)cc(Cl)c1OCCCO. The van der Waals surface area contributed by atoms with Crippen LogP contribution in [0.5, 0.6) is 5.75 Å². The van der Waals surface area contributed by atoms with Crippen molar-refractivity contribution in [2.75, 3.05) is 18.9 Å². The monoisotopic (exact) mass is 244 g/mol. The Morgan fingerprint density at radius 2 is 2.19 bits per heavy atom. The molecule has 0 aromatic heterocycles. The van der Waals surface area contributed by atoms with Gasteiger partial charge in [0.2, 0.25) is 0 Å². The van der Waals surface area contributed by atoms with E-state index in [1.807, 2.05) is 0 Å². The second kappa shape index (κ2) is 5.58. The van der Waals surface area contributed by atoms with Gasteiger partial charge in [0, 0.05) is 18.7 Å². The molecule has 1 aromatic carbocycles. The number of benzene rings is 1. The second-order valence-electron chi connectivity index (χ2n) is 3.17. The Bertz CT molecular complexity index is 396. The molecule has 16 heavy (non-hydrogen) atoms. The van der Waals surface area contributed by atoms with Gasteiger partial charge < -0.3 is 21.3 Å². The van der Waals surface area contributed by atoms with Gasteiger partial charge in [-0.05, 0) is 12.1 Å². The first-order valence-corrected chi connectivity index (χ1v) is 5.06. The third kappa shape index (κ3) is 3.01. The summed E-state index contributed by atoms with van der Waals surface area (Å²) in [6, 6.07) is 2.88. The number of rotatable bonds is 5. The molecule has 1 rings (SSSR count). The van der Waals surface area contributed by atoms with Gasteiger partial charge in [-0.1, -0.05) is 11.6 Å². The van der Waals surface area contributed by atoms with E-state index in [0.717, 1.165) is 0 Å². The van der Waals surface area contributed by atoms with E-state index in [4.69, 9.17) is 32.9 Å². The second-order valence-corrected chi connectivity index (χ2v) is 3.58. The predicted molar refractivity (Wildman–Crippen MR) is 61.6 cm³/mol. The summed E-state index contributed by atoms with van der Waals surface area (Å²) in [6.07, 6.45) is 0.443. The quantitative estimate of drug-likeness (QED) is 0.527. The molecule has 0 aliphatic rings. The minimum absolute atomic E-state index is 0.00149. The van der Waals surface area contributed by atoms with Crippen LogP contribution in [0.1, 0.15) is 16.8 Å². The van der Waals surface area contributed by atoms with Crippen molar-refractivity contribution in [1.29, 1.82) is 0 Å². The Morgan fingerprint density at radius 1 is 1.50 bits per heavy atom. The summed E-state index contributed by atoms with van der Waals surface area (Å²) in [5.74, 6) is -0.454. The first-order valence-electron chi connectivity index (χ1n) is 4.68. The summed E-state index contributed by atoms with van der Waals surface area (Å²) in [7, 11) is 0. The van der Waals surface area contributed by atoms with Crippen LogP contribution in [0.25, 0.3) is 0 Å². The lowest BCUT2D eigenvalue weighted by Gasteiger charge is -2.11. The van der Waals surface area contributed by atoms with Crippen LogP contribution in [-0.2, 0) is 0 Å². The molecule has 0 saturated carbocycles. The maximum atomic E-state index is 11.1. The summed E-state index contributed by atoms with van der Waals surface area (Å²) >= 11 is 5.88. The number of nitrogen functional groups attached to an aromatic ring is 1. The Morgan fingerprint density at radius 3 is 2.75 bits per heavy atom. The molecule has 1 amide bonds. The summed E-state index contributed by atoms with van der Waals surface area (Å²) in [5.41, 5.74) is 11.2. The summed E-state index contributed by atoms with van der Waals surface area (Å²) in [5, 5.41) is 8.84. The van der Waals surface area contributed by atoms with Crippen LogP contribution in [0.15, 0.2) is 12.1 Å². The van der Waals surface area contributed by atoms with Gasteiger partial charge >= 0.3 is 0 Å². The van der Waals surface area contributed by atoms with E-state index in [2.05, 4.69) is 0 Å². The number of hydrogen-bond donors (Lipinski definition) is 3. The Hall–Kier alpha value is -1.46. The zero-order chi connectivity index (χ0) is 12.1. The van der Waals surface area contributed by atoms with Crippen LogP contribution in [0, 0.1) is 0 Å². The molecular formula is C10H13ClN2O3. The van der Waals surface area contributed by atoms with E-state index in [1.165, 1.54) is 12.1 Å². The Balaban J connectivity index is 2.99. The van der Waals surface area contributed by atoms with Crippen molar-refractivity contribution in [2.24, 2.45) is 5.73 Å². The minimum Gasteiger partial charge on any atom is -0.491 e. The molecule has 88 valence electrons. The van der Waals surface area contributed by atoms with E-state index in [0.29, 0.717) is 12.1 Å². The smallest absolute Gasteiger partial charge is 0.252 e. The summed E-state index contributed by atoms with van der Waals surface area (Å²) in [4.78, 5) is 11.1.